The van der Waals surface area contributed by atoms with E-state index in [1.807, 2.05) is 7.05 Å². The van der Waals surface area contributed by atoms with E-state index in [0.717, 1.165) is 25.5 Å². The molecule has 0 spiro atoms. The fourth-order valence-electron chi connectivity index (χ4n) is 2.74. The van der Waals surface area contributed by atoms with Crippen molar-refractivity contribution < 1.29 is 13.9 Å². The first-order chi connectivity index (χ1) is 9.04. The van der Waals surface area contributed by atoms with Crippen LogP contribution in [0.4, 0.5) is 8.78 Å². The Balaban J connectivity index is 1.86. The lowest BCUT2D eigenvalue weighted by Crippen LogP contribution is -2.44. The second kappa shape index (κ2) is 5.97. The molecule has 106 valence electrons. The summed E-state index contributed by atoms with van der Waals surface area (Å²) in [5.74, 6) is -0.750. The molecule has 0 atom stereocenters. The molecule has 1 aliphatic rings. The highest BCUT2D eigenvalue weighted by atomic mass is 19.1. The molecule has 0 radical (unpaired) electrons. The molecule has 1 fully saturated rings. The summed E-state index contributed by atoms with van der Waals surface area (Å²) in [4.78, 5) is 2.10. The van der Waals surface area contributed by atoms with Gasteiger partial charge >= 0.3 is 0 Å². The monoisotopic (exact) mass is 269 g/mol. The van der Waals surface area contributed by atoms with Crippen LogP contribution < -0.4 is 0 Å². The van der Waals surface area contributed by atoms with Crippen LogP contribution in [0.15, 0.2) is 18.2 Å². The highest BCUT2D eigenvalue weighted by Crippen LogP contribution is 2.40. The number of hydrogen-bond acceptors (Lipinski definition) is 2. The number of likely N-dealkylation sites (N-methyl/N-ethyl adjacent to an activating group) is 1. The minimum atomic E-state index is -0.398. The predicted molar refractivity (Wildman–Crippen MR) is 70.9 cm³/mol. The molecule has 1 aromatic rings. The van der Waals surface area contributed by atoms with Gasteiger partial charge in [-0.05, 0) is 50.1 Å². The van der Waals surface area contributed by atoms with Crippen LogP contribution in [0.25, 0.3) is 0 Å². The van der Waals surface area contributed by atoms with Gasteiger partial charge in [0, 0.05) is 25.1 Å². The van der Waals surface area contributed by atoms with Gasteiger partial charge in [-0.25, -0.2) is 8.78 Å². The normalized spacial score (nSPS) is 17.5. The van der Waals surface area contributed by atoms with Crippen LogP contribution in [-0.4, -0.2) is 36.8 Å². The standard InChI is InChI=1S/C15H21F2NO/c1-18(10-15(11-19)6-2-7-15)8-5-12-9-13(16)3-4-14(12)17/h3-4,9,19H,2,5-8,10-11H2,1H3. The summed E-state index contributed by atoms with van der Waals surface area (Å²) in [6.45, 7) is 1.70. The van der Waals surface area contributed by atoms with E-state index < -0.39 is 5.82 Å². The summed E-state index contributed by atoms with van der Waals surface area (Å²) >= 11 is 0. The Labute approximate surface area is 113 Å². The Hall–Kier alpha value is -1.00. The van der Waals surface area contributed by atoms with E-state index in [1.54, 1.807) is 0 Å². The number of nitrogens with zero attached hydrogens (tertiary/aromatic N) is 1. The predicted octanol–water partition coefficient (Wildman–Crippen LogP) is 2.60. The van der Waals surface area contributed by atoms with Crippen LogP contribution in [0, 0.1) is 17.0 Å². The molecule has 0 unspecified atom stereocenters. The van der Waals surface area contributed by atoms with E-state index in [2.05, 4.69) is 4.90 Å². The highest BCUT2D eigenvalue weighted by molar-refractivity contribution is 5.19. The fourth-order valence-corrected chi connectivity index (χ4v) is 2.74. The van der Waals surface area contributed by atoms with Crippen LogP contribution >= 0.6 is 0 Å². The van der Waals surface area contributed by atoms with Crippen LogP contribution in [0.3, 0.4) is 0 Å². The van der Waals surface area contributed by atoms with Crippen molar-refractivity contribution >= 4 is 0 Å². The molecular weight excluding hydrogens is 248 g/mol. The molecule has 19 heavy (non-hydrogen) atoms. The summed E-state index contributed by atoms with van der Waals surface area (Å²) in [6, 6.07) is 3.57. The van der Waals surface area contributed by atoms with Crippen molar-refractivity contribution in [3.63, 3.8) is 0 Å². The van der Waals surface area contributed by atoms with Crippen LogP contribution in [-0.2, 0) is 6.42 Å². The molecule has 2 nitrogen and oxygen atoms in total. The molecule has 0 saturated heterocycles. The van der Waals surface area contributed by atoms with E-state index in [4.69, 9.17) is 0 Å². The molecule has 1 saturated carbocycles. The van der Waals surface area contributed by atoms with Gasteiger partial charge < -0.3 is 10.0 Å². The summed E-state index contributed by atoms with van der Waals surface area (Å²) < 4.78 is 26.5. The first-order valence-electron chi connectivity index (χ1n) is 6.78. The Morgan fingerprint density at radius 2 is 2.05 bits per heavy atom. The van der Waals surface area contributed by atoms with E-state index in [-0.39, 0.29) is 17.8 Å². The second-order valence-corrected chi connectivity index (χ2v) is 5.74. The van der Waals surface area contributed by atoms with E-state index in [1.165, 1.54) is 18.6 Å². The van der Waals surface area contributed by atoms with E-state index >= 15 is 0 Å². The maximum absolute atomic E-state index is 13.5. The van der Waals surface area contributed by atoms with Crippen molar-refractivity contribution in [2.75, 3.05) is 26.7 Å². The van der Waals surface area contributed by atoms with Crippen molar-refractivity contribution in [2.24, 2.45) is 5.41 Å². The SMILES string of the molecule is CN(CCc1cc(F)ccc1F)CC1(CO)CCC1. The number of aliphatic hydroxyl groups is 1. The third kappa shape index (κ3) is 3.51. The van der Waals surface area contributed by atoms with Gasteiger partial charge in [0.15, 0.2) is 0 Å². The third-order valence-electron chi connectivity index (χ3n) is 4.13. The van der Waals surface area contributed by atoms with Gasteiger partial charge in [-0.1, -0.05) is 6.42 Å². The number of rotatable bonds is 6. The van der Waals surface area contributed by atoms with Crippen molar-refractivity contribution in [3.8, 4) is 0 Å². The molecule has 0 bridgehead atoms. The number of benzene rings is 1. The van der Waals surface area contributed by atoms with Crippen molar-refractivity contribution in [1.82, 2.24) is 4.90 Å². The zero-order valence-corrected chi connectivity index (χ0v) is 11.3. The largest absolute Gasteiger partial charge is 0.396 e. The Morgan fingerprint density at radius 3 is 2.63 bits per heavy atom. The van der Waals surface area contributed by atoms with Crippen molar-refractivity contribution in [2.45, 2.75) is 25.7 Å². The molecule has 1 aliphatic carbocycles. The van der Waals surface area contributed by atoms with Crippen LogP contribution in [0.2, 0.25) is 0 Å². The van der Waals surface area contributed by atoms with Gasteiger partial charge in [-0.15, -0.1) is 0 Å². The summed E-state index contributed by atoms with van der Waals surface area (Å²) in [7, 11) is 1.97. The number of hydrogen-bond donors (Lipinski definition) is 1. The van der Waals surface area contributed by atoms with E-state index in [9.17, 15) is 13.9 Å². The van der Waals surface area contributed by atoms with E-state index in [0.29, 0.717) is 18.5 Å². The zero-order chi connectivity index (χ0) is 13.9. The maximum Gasteiger partial charge on any atom is 0.126 e. The average Bonchev–Trinajstić information content (AvgIpc) is 2.35. The molecule has 4 heteroatoms. The van der Waals surface area contributed by atoms with Crippen molar-refractivity contribution in [1.29, 1.82) is 0 Å². The van der Waals surface area contributed by atoms with Crippen molar-refractivity contribution in [3.05, 3.63) is 35.4 Å². The Kier molecular flexibility index (Phi) is 4.53. The summed E-state index contributed by atoms with van der Waals surface area (Å²) in [6.07, 6.45) is 3.78. The lowest BCUT2D eigenvalue weighted by Gasteiger charge is -2.43. The van der Waals surface area contributed by atoms with Crippen LogP contribution in [0.1, 0.15) is 24.8 Å². The first kappa shape index (κ1) is 14.4. The molecular formula is C15H21F2NO. The molecule has 0 aromatic heterocycles. The molecule has 0 aliphatic heterocycles. The fraction of sp³-hybridized carbons (Fsp3) is 0.600. The molecule has 0 heterocycles. The third-order valence-corrected chi connectivity index (χ3v) is 4.13. The zero-order valence-electron chi connectivity index (χ0n) is 11.3. The van der Waals surface area contributed by atoms with Gasteiger partial charge in [-0.3, -0.25) is 0 Å². The molecule has 1 aromatic carbocycles. The second-order valence-electron chi connectivity index (χ2n) is 5.74. The maximum atomic E-state index is 13.5. The lowest BCUT2D eigenvalue weighted by atomic mass is 9.69. The van der Waals surface area contributed by atoms with Gasteiger partial charge in [0.25, 0.3) is 0 Å². The Morgan fingerprint density at radius 1 is 1.32 bits per heavy atom. The van der Waals surface area contributed by atoms with Gasteiger partial charge in [-0.2, -0.15) is 0 Å². The number of halogens is 2. The molecule has 0 amide bonds. The first-order valence-corrected chi connectivity index (χ1v) is 6.78. The molecule has 2 rings (SSSR count). The van der Waals surface area contributed by atoms with Gasteiger partial charge in [0.05, 0.1) is 0 Å². The lowest BCUT2D eigenvalue weighted by molar-refractivity contribution is 0.0149. The van der Waals surface area contributed by atoms with Gasteiger partial charge in [0.1, 0.15) is 11.6 Å². The Bertz CT molecular complexity index is 427. The highest BCUT2D eigenvalue weighted by Gasteiger charge is 2.36. The van der Waals surface area contributed by atoms with Crippen LogP contribution in [0.5, 0.6) is 0 Å². The quantitative estimate of drug-likeness (QED) is 0.858. The number of aliphatic hydroxyl groups excluding tert-OH is 1. The summed E-state index contributed by atoms with van der Waals surface area (Å²) in [5, 5.41) is 9.41. The van der Waals surface area contributed by atoms with Gasteiger partial charge in [0.2, 0.25) is 0 Å². The topological polar surface area (TPSA) is 23.5 Å². The summed E-state index contributed by atoms with van der Waals surface area (Å²) in [5.41, 5.74) is 0.452. The molecule has 1 N–H and O–H groups in total. The minimum Gasteiger partial charge on any atom is -0.396 e. The minimum absolute atomic E-state index is 0.0369. The average molecular weight is 269 g/mol. The smallest absolute Gasteiger partial charge is 0.126 e.